The summed E-state index contributed by atoms with van der Waals surface area (Å²) in [5, 5.41) is 9.19. The summed E-state index contributed by atoms with van der Waals surface area (Å²) in [7, 11) is -3.63. The fraction of sp³-hybridized carbons (Fsp3) is 0.381. The van der Waals surface area contributed by atoms with Gasteiger partial charge in [-0.05, 0) is 36.6 Å². The van der Waals surface area contributed by atoms with Crippen molar-refractivity contribution in [2.75, 3.05) is 13.1 Å². The molecule has 1 fully saturated rings. The van der Waals surface area contributed by atoms with Crippen LogP contribution < -0.4 is 5.32 Å². The zero-order chi connectivity index (χ0) is 22.7. The number of piperidine rings is 1. The van der Waals surface area contributed by atoms with Crippen LogP contribution in [0.4, 0.5) is 0 Å². The van der Waals surface area contributed by atoms with Crippen molar-refractivity contribution >= 4 is 38.9 Å². The Labute approximate surface area is 195 Å². The molecule has 0 aliphatic carbocycles. The van der Waals surface area contributed by atoms with Crippen LogP contribution in [-0.4, -0.2) is 41.9 Å². The van der Waals surface area contributed by atoms with E-state index in [1.165, 1.54) is 4.31 Å². The Morgan fingerprint density at radius 3 is 2.66 bits per heavy atom. The molecule has 0 unspecified atom stereocenters. The highest BCUT2D eigenvalue weighted by Crippen LogP contribution is 2.31. The van der Waals surface area contributed by atoms with Gasteiger partial charge in [-0.15, -0.1) is 11.3 Å². The second-order valence-corrected chi connectivity index (χ2v) is 11.1. The van der Waals surface area contributed by atoms with Crippen molar-refractivity contribution in [2.45, 2.75) is 36.9 Å². The molecule has 8 nitrogen and oxygen atoms in total. The van der Waals surface area contributed by atoms with Gasteiger partial charge in [0.15, 0.2) is 0 Å². The molecule has 170 valence electrons. The van der Waals surface area contributed by atoms with Crippen LogP contribution in [0.5, 0.6) is 0 Å². The molecule has 1 aliphatic heterocycles. The van der Waals surface area contributed by atoms with Gasteiger partial charge in [-0.1, -0.05) is 35.8 Å². The Morgan fingerprint density at radius 1 is 1.28 bits per heavy atom. The first-order chi connectivity index (χ1) is 15.4. The maximum absolute atomic E-state index is 13.1. The first-order valence-corrected chi connectivity index (χ1v) is 13.0. The number of carbonyl (C=O) groups is 1. The van der Waals surface area contributed by atoms with Crippen LogP contribution in [0.2, 0.25) is 5.02 Å². The van der Waals surface area contributed by atoms with Gasteiger partial charge in [0.1, 0.15) is 4.21 Å². The smallest absolute Gasteiger partial charge is 0.252 e. The number of sulfonamides is 1. The van der Waals surface area contributed by atoms with E-state index in [-0.39, 0.29) is 16.0 Å². The average molecular weight is 495 g/mol. The van der Waals surface area contributed by atoms with Crippen LogP contribution in [-0.2, 0) is 27.8 Å². The molecule has 11 heteroatoms. The van der Waals surface area contributed by atoms with Crippen LogP contribution in [0, 0.1) is 5.92 Å². The van der Waals surface area contributed by atoms with E-state index in [1.807, 2.05) is 19.1 Å². The number of aryl methyl sites for hydroxylation is 1. The molecular formula is C21H23ClN4O4S2. The Bertz CT molecular complexity index is 1180. The highest BCUT2D eigenvalue weighted by Gasteiger charge is 2.33. The van der Waals surface area contributed by atoms with E-state index < -0.39 is 10.0 Å². The standard InChI is InChI=1S/C21H23ClN4O4S2/c1-2-18-24-20(25-30-18)16-11-19(31-13-16)32(28,29)26-9-7-15(8-10-26)21(27)23-12-14-3-5-17(22)6-4-14/h3-6,11,13,15H,2,7-10,12H2,1H3,(H,23,27). The zero-order valence-electron chi connectivity index (χ0n) is 17.5. The summed E-state index contributed by atoms with van der Waals surface area (Å²) < 4.78 is 32.9. The molecule has 0 radical (unpaired) electrons. The number of benzene rings is 1. The SMILES string of the molecule is CCc1nc(-c2csc(S(=O)(=O)N3CCC(C(=O)NCc4ccc(Cl)cc4)CC3)c2)no1. The molecule has 0 saturated carbocycles. The van der Waals surface area contributed by atoms with E-state index in [9.17, 15) is 13.2 Å². The van der Waals surface area contributed by atoms with E-state index in [1.54, 1.807) is 23.6 Å². The lowest BCUT2D eigenvalue weighted by Crippen LogP contribution is -2.42. The largest absolute Gasteiger partial charge is 0.352 e. The summed E-state index contributed by atoms with van der Waals surface area (Å²) in [5.41, 5.74) is 1.58. The minimum absolute atomic E-state index is 0.0563. The lowest BCUT2D eigenvalue weighted by Gasteiger charge is -2.30. The number of amides is 1. The first-order valence-electron chi connectivity index (χ1n) is 10.3. The van der Waals surface area contributed by atoms with Gasteiger partial charge in [-0.25, -0.2) is 8.42 Å². The maximum atomic E-state index is 13.1. The minimum atomic E-state index is -3.63. The molecular weight excluding hydrogens is 472 g/mol. The summed E-state index contributed by atoms with van der Waals surface area (Å²) in [4.78, 5) is 16.8. The summed E-state index contributed by atoms with van der Waals surface area (Å²) in [6.07, 6.45) is 1.58. The number of carbonyl (C=O) groups excluding carboxylic acids is 1. The Hall–Kier alpha value is -2.27. The monoisotopic (exact) mass is 494 g/mol. The number of nitrogens with zero attached hydrogens (tertiary/aromatic N) is 3. The fourth-order valence-electron chi connectivity index (χ4n) is 3.51. The van der Waals surface area contributed by atoms with Gasteiger partial charge in [0, 0.05) is 47.9 Å². The van der Waals surface area contributed by atoms with Gasteiger partial charge in [-0.3, -0.25) is 4.79 Å². The fourth-order valence-corrected chi connectivity index (χ4v) is 6.41. The van der Waals surface area contributed by atoms with Gasteiger partial charge in [-0.2, -0.15) is 9.29 Å². The zero-order valence-corrected chi connectivity index (χ0v) is 19.8. The van der Waals surface area contributed by atoms with E-state index in [4.69, 9.17) is 16.1 Å². The highest BCUT2D eigenvalue weighted by atomic mass is 35.5. The summed E-state index contributed by atoms with van der Waals surface area (Å²) in [6.45, 7) is 2.93. The number of hydrogen-bond acceptors (Lipinski definition) is 7. The number of halogens is 1. The van der Waals surface area contributed by atoms with Crippen LogP contribution in [0.1, 0.15) is 31.2 Å². The van der Waals surface area contributed by atoms with Crippen LogP contribution in [0.3, 0.4) is 0 Å². The van der Waals surface area contributed by atoms with Crippen molar-refractivity contribution in [2.24, 2.45) is 5.92 Å². The van der Waals surface area contributed by atoms with Crippen molar-refractivity contribution in [3.63, 3.8) is 0 Å². The first kappa shape index (κ1) is 22.9. The molecule has 4 rings (SSSR count). The van der Waals surface area contributed by atoms with Crippen LogP contribution in [0.15, 0.2) is 44.4 Å². The van der Waals surface area contributed by atoms with Crippen LogP contribution >= 0.6 is 22.9 Å². The number of nitrogens with one attached hydrogen (secondary N) is 1. The van der Waals surface area contributed by atoms with Crippen molar-refractivity contribution < 1.29 is 17.7 Å². The van der Waals surface area contributed by atoms with E-state index in [0.717, 1.165) is 16.9 Å². The lowest BCUT2D eigenvalue weighted by molar-refractivity contribution is -0.126. The summed E-state index contributed by atoms with van der Waals surface area (Å²) in [6, 6.07) is 8.87. The second-order valence-electron chi connectivity index (χ2n) is 7.54. The summed E-state index contributed by atoms with van der Waals surface area (Å²) in [5.74, 6) is 0.626. The highest BCUT2D eigenvalue weighted by molar-refractivity contribution is 7.91. The minimum Gasteiger partial charge on any atom is -0.352 e. The predicted octanol–water partition coefficient (Wildman–Crippen LogP) is 3.73. The Kier molecular flexibility index (Phi) is 6.94. The van der Waals surface area contributed by atoms with Crippen molar-refractivity contribution in [1.29, 1.82) is 0 Å². The quantitative estimate of drug-likeness (QED) is 0.536. The van der Waals surface area contributed by atoms with Crippen LogP contribution in [0.25, 0.3) is 11.4 Å². The molecule has 1 saturated heterocycles. The Balaban J connectivity index is 1.34. The number of hydrogen-bond donors (Lipinski definition) is 1. The predicted molar refractivity (Wildman–Crippen MR) is 122 cm³/mol. The van der Waals surface area contributed by atoms with Crippen molar-refractivity contribution in [3.05, 3.63) is 52.2 Å². The van der Waals surface area contributed by atoms with Gasteiger partial charge < -0.3 is 9.84 Å². The summed E-state index contributed by atoms with van der Waals surface area (Å²) >= 11 is 7.02. The van der Waals surface area contributed by atoms with Gasteiger partial charge in [0.05, 0.1) is 0 Å². The average Bonchev–Trinajstić information content (AvgIpc) is 3.48. The number of aromatic nitrogens is 2. The van der Waals surface area contributed by atoms with Crippen molar-refractivity contribution in [3.8, 4) is 11.4 Å². The van der Waals surface area contributed by atoms with E-state index in [2.05, 4.69) is 15.5 Å². The molecule has 1 aromatic carbocycles. The van der Waals surface area contributed by atoms with E-state index >= 15 is 0 Å². The molecule has 32 heavy (non-hydrogen) atoms. The molecule has 2 aromatic heterocycles. The third-order valence-electron chi connectivity index (χ3n) is 5.40. The van der Waals surface area contributed by atoms with Gasteiger partial charge in [0.2, 0.25) is 17.6 Å². The van der Waals surface area contributed by atoms with E-state index in [0.29, 0.717) is 61.2 Å². The normalized spacial score (nSPS) is 15.7. The molecule has 0 atom stereocenters. The number of thiophene rings is 1. The molecule has 1 N–H and O–H groups in total. The third-order valence-corrected chi connectivity index (χ3v) is 8.97. The maximum Gasteiger partial charge on any atom is 0.252 e. The molecule has 0 bridgehead atoms. The third kappa shape index (κ3) is 5.03. The van der Waals surface area contributed by atoms with Gasteiger partial charge >= 0.3 is 0 Å². The number of rotatable bonds is 7. The topological polar surface area (TPSA) is 105 Å². The molecule has 3 aromatic rings. The second kappa shape index (κ2) is 9.70. The molecule has 3 heterocycles. The lowest BCUT2D eigenvalue weighted by atomic mass is 9.97. The Morgan fingerprint density at radius 2 is 2.00 bits per heavy atom. The van der Waals surface area contributed by atoms with Crippen molar-refractivity contribution in [1.82, 2.24) is 19.8 Å². The molecule has 1 aliphatic rings. The molecule has 0 spiro atoms. The molecule has 1 amide bonds. The van der Waals surface area contributed by atoms with Gasteiger partial charge in [0.25, 0.3) is 10.0 Å².